The van der Waals surface area contributed by atoms with E-state index in [9.17, 15) is 14.7 Å². The van der Waals surface area contributed by atoms with Gasteiger partial charge in [-0.2, -0.15) is 5.10 Å². The van der Waals surface area contributed by atoms with E-state index in [1.165, 1.54) is 4.90 Å². The van der Waals surface area contributed by atoms with E-state index in [2.05, 4.69) is 10.4 Å². The van der Waals surface area contributed by atoms with E-state index in [0.717, 1.165) is 5.56 Å². The average Bonchev–Trinajstić information content (AvgIpc) is 3.09. The molecule has 0 radical (unpaired) electrons. The zero-order valence-electron chi connectivity index (χ0n) is 14.9. The number of nitrogens with zero attached hydrogens (tertiary/aromatic N) is 3. The second kappa shape index (κ2) is 7.59. The Morgan fingerprint density at radius 1 is 1.19 bits per heavy atom. The lowest BCUT2D eigenvalue weighted by Gasteiger charge is -2.41. The smallest absolute Gasteiger partial charge is 0.407 e. The Balaban J connectivity index is 1.78. The van der Waals surface area contributed by atoms with Crippen LogP contribution in [0.3, 0.4) is 0 Å². The molecule has 2 amide bonds. The Morgan fingerprint density at radius 2 is 1.88 bits per heavy atom. The lowest BCUT2D eigenvalue weighted by Crippen LogP contribution is -2.46. The zero-order chi connectivity index (χ0) is 18.6. The van der Waals surface area contributed by atoms with Crippen LogP contribution in [0, 0.1) is 0 Å². The van der Waals surface area contributed by atoms with Gasteiger partial charge in [-0.15, -0.1) is 0 Å². The fourth-order valence-corrected chi connectivity index (χ4v) is 3.67. The number of benzene rings is 1. The van der Waals surface area contributed by atoms with Gasteiger partial charge < -0.3 is 15.3 Å². The van der Waals surface area contributed by atoms with Crippen LogP contribution in [0.15, 0.2) is 42.6 Å². The van der Waals surface area contributed by atoms with E-state index in [1.807, 2.05) is 37.3 Å². The Kier molecular flexibility index (Phi) is 5.25. The van der Waals surface area contributed by atoms with Gasteiger partial charge in [-0.1, -0.05) is 30.3 Å². The highest BCUT2D eigenvalue weighted by Gasteiger charge is 2.39. The number of amides is 2. The molecule has 138 valence electrons. The van der Waals surface area contributed by atoms with Crippen molar-refractivity contribution in [3.8, 4) is 0 Å². The molecule has 1 aliphatic heterocycles. The molecule has 0 unspecified atom stereocenters. The highest BCUT2D eigenvalue weighted by molar-refractivity contribution is 5.91. The van der Waals surface area contributed by atoms with Crippen molar-refractivity contribution in [1.82, 2.24) is 14.7 Å². The Labute approximate surface area is 152 Å². The lowest BCUT2D eigenvalue weighted by atomic mass is 9.70. The highest BCUT2D eigenvalue weighted by Crippen LogP contribution is 2.39. The van der Waals surface area contributed by atoms with E-state index in [4.69, 9.17) is 0 Å². The van der Waals surface area contributed by atoms with Crippen molar-refractivity contribution >= 4 is 17.8 Å². The molecule has 0 atom stereocenters. The summed E-state index contributed by atoms with van der Waals surface area (Å²) in [6, 6.07) is 11.7. The standard InChI is InChI=1S/C19H24N4O3/c1-2-23-16(8-11-20-23)21-17(24)14-19(15-6-4-3-5-7-15)9-12-22(13-10-19)18(25)26/h3-8,11H,2,9-10,12-14H2,1H3,(H,21,24)(H,25,26). The van der Waals surface area contributed by atoms with E-state index < -0.39 is 6.09 Å². The Hall–Kier alpha value is -2.83. The third-order valence-corrected chi connectivity index (χ3v) is 5.16. The van der Waals surface area contributed by atoms with Crippen LogP contribution in [-0.4, -0.2) is 44.9 Å². The van der Waals surface area contributed by atoms with Gasteiger partial charge in [-0.3, -0.25) is 4.79 Å². The van der Waals surface area contributed by atoms with Crippen molar-refractivity contribution in [3.63, 3.8) is 0 Å². The third-order valence-electron chi connectivity index (χ3n) is 5.16. The van der Waals surface area contributed by atoms with Gasteiger partial charge in [0.15, 0.2) is 0 Å². The molecule has 1 fully saturated rings. The predicted octanol–water partition coefficient (Wildman–Crippen LogP) is 2.94. The monoisotopic (exact) mass is 356 g/mol. The second-order valence-electron chi connectivity index (χ2n) is 6.67. The van der Waals surface area contributed by atoms with Crippen LogP contribution in [0.4, 0.5) is 10.6 Å². The maximum absolute atomic E-state index is 12.8. The SMILES string of the molecule is CCn1nccc1NC(=O)CC1(c2ccccc2)CCN(C(=O)O)CC1. The number of aryl methyl sites for hydroxylation is 1. The number of hydrogen-bond acceptors (Lipinski definition) is 3. The van der Waals surface area contributed by atoms with Crippen LogP contribution in [0.1, 0.15) is 31.7 Å². The second-order valence-corrected chi connectivity index (χ2v) is 6.67. The van der Waals surface area contributed by atoms with Gasteiger partial charge in [0.25, 0.3) is 0 Å². The predicted molar refractivity (Wildman–Crippen MR) is 98.1 cm³/mol. The van der Waals surface area contributed by atoms with Crippen molar-refractivity contribution < 1.29 is 14.7 Å². The van der Waals surface area contributed by atoms with E-state index >= 15 is 0 Å². The highest BCUT2D eigenvalue weighted by atomic mass is 16.4. The maximum atomic E-state index is 12.8. The summed E-state index contributed by atoms with van der Waals surface area (Å²) in [4.78, 5) is 25.4. The minimum absolute atomic E-state index is 0.0761. The van der Waals surface area contributed by atoms with Crippen LogP contribution in [0.2, 0.25) is 0 Å². The van der Waals surface area contributed by atoms with Crippen LogP contribution in [0.25, 0.3) is 0 Å². The number of carbonyl (C=O) groups excluding carboxylic acids is 1. The molecule has 1 aromatic carbocycles. The first-order chi connectivity index (χ1) is 12.5. The summed E-state index contributed by atoms with van der Waals surface area (Å²) in [5.41, 5.74) is 0.734. The number of aromatic nitrogens is 2. The van der Waals surface area contributed by atoms with Gasteiger partial charge in [-0.25, -0.2) is 9.48 Å². The number of carbonyl (C=O) groups is 2. The van der Waals surface area contributed by atoms with Crippen LogP contribution in [-0.2, 0) is 16.8 Å². The van der Waals surface area contributed by atoms with Gasteiger partial charge in [0.2, 0.25) is 5.91 Å². The summed E-state index contributed by atoms with van der Waals surface area (Å²) >= 11 is 0. The van der Waals surface area contributed by atoms with Gasteiger partial charge >= 0.3 is 6.09 Å². The number of rotatable bonds is 5. The topological polar surface area (TPSA) is 87.5 Å². The molecule has 7 nitrogen and oxygen atoms in total. The minimum atomic E-state index is -0.900. The summed E-state index contributed by atoms with van der Waals surface area (Å²) in [5, 5.41) is 16.3. The van der Waals surface area contributed by atoms with Crippen molar-refractivity contribution in [2.45, 2.75) is 38.1 Å². The molecule has 1 saturated heterocycles. The molecular formula is C19H24N4O3. The van der Waals surface area contributed by atoms with Gasteiger partial charge in [-0.05, 0) is 25.3 Å². The fraction of sp³-hybridized carbons (Fsp3) is 0.421. The molecule has 1 aromatic heterocycles. The first kappa shape index (κ1) is 18.0. The molecule has 1 aliphatic rings. The lowest BCUT2D eigenvalue weighted by molar-refractivity contribution is -0.117. The molecule has 2 heterocycles. The van der Waals surface area contributed by atoms with Crippen LogP contribution >= 0.6 is 0 Å². The first-order valence-corrected chi connectivity index (χ1v) is 8.89. The molecule has 0 bridgehead atoms. The van der Waals surface area contributed by atoms with Crippen molar-refractivity contribution in [3.05, 3.63) is 48.2 Å². The Bertz CT molecular complexity index is 764. The van der Waals surface area contributed by atoms with Gasteiger partial charge in [0, 0.05) is 37.5 Å². The number of carboxylic acid groups (broad SMARTS) is 1. The summed E-state index contributed by atoms with van der Waals surface area (Å²) in [5.74, 6) is 0.608. The molecular weight excluding hydrogens is 332 g/mol. The summed E-state index contributed by atoms with van der Waals surface area (Å²) in [6.45, 7) is 3.52. The van der Waals surface area contributed by atoms with E-state index in [-0.39, 0.29) is 11.3 Å². The number of piperidine rings is 1. The van der Waals surface area contributed by atoms with E-state index in [0.29, 0.717) is 44.7 Å². The van der Waals surface area contributed by atoms with Crippen LogP contribution in [0.5, 0.6) is 0 Å². The van der Waals surface area contributed by atoms with Crippen molar-refractivity contribution in [1.29, 1.82) is 0 Å². The first-order valence-electron chi connectivity index (χ1n) is 8.89. The minimum Gasteiger partial charge on any atom is -0.465 e. The molecule has 26 heavy (non-hydrogen) atoms. The number of nitrogens with one attached hydrogen (secondary N) is 1. The summed E-state index contributed by atoms with van der Waals surface area (Å²) < 4.78 is 1.74. The Morgan fingerprint density at radius 3 is 2.50 bits per heavy atom. The normalized spacial score (nSPS) is 16.3. The van der Waals surface area contributed by atoms with Crippen molar-refractivity contribution in [2.24, 2.45) is 0 Å². The maximum Gasteiger partial charge on any atom is 0.407 e. The molecule has 2 N–H and O–H groups in total. The largest absolute Gasteiger partial charge is 0.465 e. The van der Waals surface area contributed by atoms with Gasteiger partial charge in [0.1, 0.15) is 5.82 Å². The summed E-state index contributed by atoms with van der Waals surface area (Å²) in [6.07, 6.45) is 2.34. The number of anilines is 1. The third kappa shape index (κ3) is 3.71. The molecule has 0 spiro atoms. The molecule has 7 heteroatoms. The van der Waals surface area contributed by atoms with Crippen LogP contribution < -0.4 is 5.32 Å². The fourth-order valence-electron chi connectivity index (χ4n) is 3.67. The number of hydrogen-bond donors (Lipinski definition) is 2. The van der Waals surface area contributed by atoms with Gasteiger partial charge in [0.05, 0.1) is 6.20 Å². The summed E-state index contributed by atoms with van der Waals surface area (Å²) in [7, 11) is 0. The zero-order valence-corrected chi connectivity index (χ0v) is 14.9. The molecule has 2 aromatic rings. The average molecular weight is 356 g/mol. The number of likely N-dealkylation sites (tertiary alicyclic amines) is 1. The molecule has 0 aliphatic carbocycles. The molecule has 0 saturated carbocycles. The molecule has 3 rings (SSSR count). The van der Waals surface area contributed by atoms with Crippen molar-refractivity contribution in [2.75, 3.05) is 18.4 Å². The van der Waals surface area contributed by atoms with E-state index in [1.54, 1.807) is 16.9 Å². The quantitative estimate of drug-likeness (QED) is 0.862.